The Morgan fingerprint density at radius 3 is 2.06 bits per heavy atom. The van der Waals surface area contributed by atoms with Crippen LogP contribution < -0.4 is 5.11 Å². The van der Waals surface area contributed by atoms with Gasteiger partial charge in [0.05, 0.1) is 22.1 Å². The molecule has 0 spiro atoms. The van der Waals surface area contributed by atoms with Crippen molar-refractivity contribution >= 4 is 98.7 Å². The van der Waals surface area contributed by atoms with Gasteiger partial charge in [-0.05, 0) is 162 Å². The van der Waals surface area contributed by atoms with E-state index in [-0.39, 0.29) is 28.1 Å². The quantitative estimate of drug-likeness (QED) is 0.148. The van der Waals surface area contributed by atoms with Gasteiger partial charge in [-0.3, -0.25) is 4.79 Å². The molecule has 2 heterocycles. The van der Waals surface area contributed by atoms with E-state index in [4.69, 9.17) is 20.8 Å². The summed E-state index contributed by atoms with van der Waals surface area (Å²) in [6.07, 6.45) is 6.85. The number of ether oxygens (including phenoxy) is 1. The van der Waals surface area contributed by atoms with Crippen LogP contribution in [0.5, 0.6) is 0 Å². The lowest BCUT2D eigenvalue weighted by atomic mass is 9.84. The highest BCUT2D eigenvalue weighted by Gasteiger charge is 2.31. The topological polar surface area (TPSA) is 60.7 Å². The van der Waals surface area contributed by atoms with Crippen molar-refractivity contribution < 1.29 is 19.1 Å². The molecule has 0 amide bonds. The van der Waals surface area contributed by atoms with Gasteiger partial charge >= 0.3 is 11.5 Å². The number of allylic oxidation sites excluding steroid dienone is 6. The first-order valence-electron chi connectivity index (χ1n) is 14.4. The molecule has 0 bridgehead atoms. The van der Waals surface area contributed by atoms with Crippen molar-refractivity contribution in [3.05, 3.63) is 159 Å². The van der Waals surface area contributed by atoms with Gasteiger partial charge in [0.1, 0.15) is 11.5 Å². The van der Waals surface area contributed by atoms with Gasteiger partial charge in [-0.15, -0.1) is 0 Å². The van der Waals surface area contributed by atoms with Crippen LogP contribution in [0.25, 0.3) is 28.9 Å². The lowest BCUT2D eigenvalue weighted by molar-refractivity contribution is -0.300. The average molecular weight is 901 g/mol. The fourth-order valence-corrected chi connectivity index (χ4v) is 6.47. The van der Waals surface area contributed by atoms with Crippen molar-refractivity contribution in [2.75, 3.05) is 0 Å². The lowest BCUT2D eigenvalue weighted by Gasteiger charge is -2.29. The largest absolute Gasteiger partial charge is 0.871 e. The second-order valence-electron chi connectivity index (χ2n) is 12.0. The van der Waals surface area contributed by atoms with Crippen LogP contribution in [-0.4, -0.2) is 5.78 Å². The predicted molar refractivity (Wildman–Crippen MR) is 201 cm³/mol. The third-order valence-electron chi connectivity index (χ3n) is 7.52. The van der Waals surface area contributed by atoms with Gasteiger partial charge in [-0.2, -0.15) is 0 Å². The minimum atomic E-state index is -0.325. The Balaban J connectivity index is 1.41. The smallest absolute Gasteiger partial charge is 0.360 e. The minimum Gasteiger partial charge on any atom is -0.871 e. The number of hydrogen-bond donors (Lipinski definition) is 0. The van der Waals surface area contributed by atoms with Crippen molar-refractivity contribution in [3.8, 4) is 11.3 Å². The molecule has 2 aliphatic rings. The minimum absolute atomic E-state index is 0.101. The zero-order valence-electron chi connectivity index (χ0n) is 25.3. The van der Waals surface area contributed by atoms with E-state index in [0.29, 0.717) is 39.0 Å². The van der Waals surface area contributed by atoms with Crippen LogP contribution in [-0.2, 0) is 14.9 Å². The van der Waals surface area contributed by atoms with Crippen LogP contribution in [0, 0.1) is 0 Å². The Kier molecular flexibility index (Phi) is 9.71. The molecule has 0 N–H and O–H groups in total. The monoisotopic (exact) mass is 896 g/mol. The molecule has 6 rings (SSSR count). The summed E-state index contributed by atoms with van der Waals surface area (Å²) < 4.78 is 16.2. The number of benzene rings is 3. The summed E-state index contributed by atoms with van der Waals surface area (Å²) >= 11 is 20.7. The highest BCUT2D eigenvalue weighted by atomic mass is 79.9. The van der Waals surface area contributed by atoms with Crippen molar-refractivity contribution in [2.24, 2.45) is 0 Å². The fourth-order valence-electron chi connectivity index (χ4n) is 4.99. The van der Waals surface area contributed by atoms with Gasteiger partial charge < -0.3 is 9.84 Å². The molecule has 0 unspecified atom stereocenters. The molecule has 1 aliphatic heterocycles. The highest BCUT2D eigenvalue weighted by molar-refractivity contribution is 9.13. The second-order valence-corrected chi connectivity index (χ2v) is 15.8. The second kappa shape index (κ2) is 13.5. The first kappa shape index (κ1) is 33.9. The van der Waals surface area contributed by atoms with E-state index in [9.17, 15) is 9.90 Å². The summed E-state index contributed by atoms with van der Waals surface area (Å²) in [5, 5.41) is 14.0. The molecule has 236 valence electrons. The molecule has 4 nitrogen and oxygen atoms in total. The van der Waals surface area contributed by atoms with Gasteiger partial charge in [0.25, 0.3) is 0 Å². The summed E-state index contributed by atoms with van der Waals surface area (Å²) in [5.41, 5.74) is 3.60. The molecular weight excluding hydrogens is 875 g/mol. The van der Waals surface area contributed by atoms with Gasteiger partial charge in [0.15, 0.2) is 5.78 Å². The first-order valence-corrected chi connectivity index (χ1v) is 18.0. The fraction of sp³-hybridized carbons (Fsp3) is 0.105. The molecule has 47 heavy (non-hydrogen) atoms. The van der Waals surface area contributed by atoms with Crippen molar-refractivity contribution in [2.45, 2.75) is 26.2 Å². The molecule has 0 radical (unpaired) electrons. The molecule has 1 aliphatic carbocycles. The number of rotatable bonds is 5. The third-order valence-corrected chi connectivity index (χ3v) is 11.6. The van der Waals surface area contributed by atoms with Crippen LogP contribution in [0.4, 0.5) is 0 Å². The van der Waals surface area contributed by atoms with Crippen LogP contribution in [0.2, 0.25) is 5.02 Å². The zero-order valence-corrected chi connectivity index (χ0v) is 32.4. The average Bonchev–Trinajstić information content (AvgIpc) is 3.04. The van der Waals surface area contributed by atoms with E-state index in [1.165, 1.54) is 0 Å². The highest BCUT2D eigenvalue weighted by Crippen LogP contribution is 2.39. The van der Waals surface area contributed by atoms with Gasteiger partial charge in [0, 0.05) is 46.2 Å². The summed E-state index contributed by atoms with van der Waals surface area (Å²) in [6.45, 7) is 6.15. The van der Waals surface area contributed by atoms with E-state index in [1.54, 1.807) is 24.3 Å². The number of Topliss-reactive ketones (excluding diaryl/α,β-unsaturated/α-hetero) is 1. The van der Waals surface area contributed by atoms with Crippen LogP contribution >= 0.6 is 75.3 Å². The summed E-state index contributed by atoms with van der Waals surface area (Å²) in [5.74, 6) is 1.75. The van der Waals surface area contributed by atoms with E-state index >= 15 is 0 Å². The van der Waals surface area contributed by atoms with Crippen molar-refractivity contribution in [3.63, 3.8) is 0 Å². The first-order chi connectivity index (χ1) is 22.3. The van der Waals surface area contributed by atoms with E-state index < -0.39 is 0 Å². The van der Waals surface area contributed by atoms with Gasteiger partial charge in [-0.1, -0.05) is 35.6 Å². The Bertz CT molecular complexity index is 2130. The Hall–Kier alpha value is -3.01. The standard InChI is InChI=1S/C38H25Br4ClO4/c1-38(2,3)35-17-21(15-33(47-35)23-9-11-28(40)30(42)19-23)13-26-36(44)25(37(26)45)12-20-14-32(22-8-10-27(39)29(41)18-22)46-34(16-20)24-6-4-5-7-31(24)43/h4-19H,1-3H3. The van der Waals surface area contributed by atoms with Gasteiger partial charge in [0.2, 0.25) is 0 Å². The molecule has 0 saturated heterocycles. The van der Waals surface area contributed by atoms with E-state index in [1.807, 2.05) is 72.8 Å². The summed E-state index contributed by atoms with van der Waals surface area (Å²) in [4.78, 5) is 13.5. The zero-order chi connectivity index (χ0) is 33.6. The molecule has 0 fully saturated rings. The Morgan fingerprint density at radius 1 is 0.787 bits per heavy atom. The number of carbonyl (C=O) groups excluding carboxylic acids is 1. The number of hydrogen-bond acceptors (Lipinski definition) is 3. The normalized spacial score (nSPS) is 16.6. The number of carbonyl (C=O) groups is 1. The maximum absolute atomic E-state index is 13.5. The molecule has 4 aromatic rings. The SMILES string of the molecule is CC(C)(C)c1cc(C=C2C(=O)C(C=C3C=C(c4ccc(Br)c(Br)c4)OC(c4ccccc4Cl)=C3)=C2[O-])cc(-c2ccc(Br)c(Br)c2)[o+]1. The van der Waals surface area contributed by atoms with Gasteiger partial charge in [-0.25, -0.2) is 4.42 Å². The molecule has 3 aromatic carbocycles. The molecule has 0 saturated carbocycles. The van der Waals surface area contributed by atoms with Crippen molar-refractivity contribution in [1.82, 2.24) is 0 Å². The lowest BCUT2D eigenvalue weighted by Crippen LogP contribution is -2.29. The summed E-state index contributed by atoms with van der Waals surface area (Å²) in [6, 6.07) is 22.7. The number of ketones is 1. The third kappa shape index (κ3) is 7.22. The Labute approximate surface area is 311 Å². The van der Waals surface area contributed by atoms with Crippen LogP contribution in [0.15, 0.2) is 136 Å². The van der Waals surface area contributed by atoms with E-state index in [2.05, 4.69) is 84.5 Å². The predicted octanol–water partition coefficient (Wildman–Crippen LogP) is 11.8. The number of halogens is 5. The Morgan fingerprint density at radius 2 is 1.43 bits per heavy atom. The van der Waals surface area contributed by atoms with Crippen molar-refractivity contribution in [1.29, 1.82) is 0 Å². The molecule has 1 aromatic heterocycles. The molecule has 0 atom stereocenters. The molecular formula is C38H25Br4ClO4. The summed E-state index contributed by atoms with van der Waals surface area (Å²) in [7, 11) is 0. The maximum atomic E-state index is 13.5. The van der Waals surface area contributed by atoms with Crippen LogP contribution in [0.1, 0.15) is 43.2 Å². The van der Waals surface area contributed by atoms with E-state index in [0.717, 1.165) is 34.8 Å². The molecule has 9 heteroatoms. The maximum Gasteiger partial charge on any atom is 0.360 e. The van der Waals surface area contributed by atoms with Crippen LogP contribution in [0.3, 0.4) is 0 Å².